The number of fused-ring (bicyclic) bond motifs is 1. The van der Waals surface area contributed by atoms with E-state index >= 15 is 0 Å². The van der Waals surface area contributed by atoms with Gasteiger partial charge in [-0.15, -0.1) is 0 Å². The van der Waals surface area contributed by atoms with Gasteiger partial charge in [0, 0.05) is 12.6 Å². The maximum Gasteiger partial charge on any atom is 0.329 e. The van der Waals surface area contributed by atoms with Crippen LogP contribution in [0.15, 0.2) is 53.3 Å². The normalized spacial score (nSPS) is 11.0. The van der Waals surface area contributed by atoms with Gasteiger partial charge in [0.15, 0.2) is 5.78 Å². The van der Waals surface area contributed by atoms with Gasteiger partial charge in [-0.1, -0.05) is 42.0 Å². The highest BCUT2D eigenvalue weighted by atomic mass is 16.2. The summed E-state index contributed by atoms with van der Waals surface area (Å²) in [5.41, 5.74) is 3.18. The first kappa shape index (κ1) is 13.4. The highest BCUT2D eigenvalue weighted by Crippen LogP contribution is 2.13. The SMILES string of the molecule is Cc1ccc(C(=O)Cn2c(=O)n(C)c3ccccc32)cc1. The summed E-state index contributed by atoms with van der Waals surface area (Å²) in [6, 6.07) is 14.9. The lowest BCUT2D eigenvalue weighted by Crippen LogP contribution is -2.25. The van der Waals surface area contributed by atoms with Crippen LogP contribution in [0.4, 0.5) is 0 Å². The van der Waals surface area contributed by atoms with Crippen molar-refractivity contribution in [2.45, 2.75) is 13.5 Å². The Morgan fingerprint density at radius 3 is 2.29 bits per heavy atom. The summed E-state index contributed by atoms with van der Waals surface area (Å²) in [4.78, 5) is 24.6. The van der Waals surface area contributed by atoms with Crippen molar-refractivity contribution in [3.8, 4) is 0 Å². The summed E-state index contributed by atoms with van der Waals surface area (Å²) in [7, 11) is 1.72. The molecule has 0 radical (unpaired) electrons. The van der Waals surface area contributed by atoms with E-state index in [1.807, 2.05) is 43.3 Å². The number of ketones is 1. The van der Waals surface area contributed by atoms with Crippen LogP contribution in [0.2, 0.25) is 0 Å². The average molecular weight is 280 g/mol. The number of carbonyl (C=O) groups excluding carboxylic acids is 1. The van der Waals surface area contributed by atoms with Gasteiger partial charge in [0.2, 0.25) is 0 Å². The summed E-state index contributed by atoms with van der Waals surface area (Å²) in [5, 5.41) is 0. The van der Waals surface area contributed by atoms with E-state index in [9.17, 15) is 9.59 Å². The second-order valence-electron chi connectivity index (χ2n) is 5.21. The fraction of sp³-hybridized carbons (Fsp3) is 0.176. The molecule has 4 heteroatoms. The minimum atomic E-state index is -0.170. The molecule has 4 nitrogen and oxygen atoms in total. The molecule has 106 valence electrons. The maximum atomic E-state index is 12.4. The Labute approximate surface area is 122 Å². The van der Waals surface area contributed by atoms with Gasteiger partial charge in [-0.05, 0) is 19.1 Å². The highest BCUT2D eigenvalue weighted by Gasteiger charge is 2.14. The molecule has 0 aliphatic rings. The van der Waals surface area contributed by atoms with Gasteiger partial charge in [0.25, 0.3) is 0 Å². The molecule has 0 amide bonds. The second-order valence-corrected chi connectivity index (χ2v) is 5.21. The van der Waals surface area contributed by atoms with E-state index in [1.54, 1.807) is 23.7 Å². The topological polar surface area (TPSA) is 44.0 Å². The number of benzene rings is 2. The maximum absolute atomic E-state index is 12.4. The summed E-state index contributed by atoms with van der Waals surface area (Å²) in [5.74, 6) is -0.0616. The van der Waals surface area contributed by atoms with Crippen LogP contribution in [-0.2, 0) is 13.6 Å². The number of rotatable bonds is 3. The van der Waals surface area contributed by atoms with Gasteiger partial charge in [-0.25, -0.2) is 4.79 Å². The predicted octanol–water partition coefficient (Wildman–Crippen LogP) is 2.53. The monoisotopic (exact) mass is 280 g/mol. The minimum absolute atomic E-state index is 0.0588. The predicted molar refractivity (Wildman–Crippen MR) is 82.7 cm³/mol. The molecule has 0 atom stereocenters. The fourth-order valence-electron chi connectivity index (χ4n) is 2.49. The standard InChI is InChI=1S/C17H16N2O2/c1-12-7-9-13(10-8-12)16(20)11-19-15-6-4-3-5-14(15)18(2)17(19)21/h3-10H,11H2,1-2H3. The highest BCUT2D eigenvalue weighted by molar-refractivity contribution is 5.96. The third kappa shape index (κ3) is 2.29. The number of para-hydroxylation sites is 2. The molecule has 0 saturated heterocycles. The van der Waals surface area contributed by atoms with Crippen LogP contribution in [0, 0.1) is 6.92 Å². The smallest absolute Gasteiger partial charge is 0.295 e. The number of Topliss-reactive ketones (excluding diaryl/α,β-unsaturated/α-hetero) is 1. The molecule has 2 aromatic carbocycles. The lowest BCUT2D eigenvalue weighted by atomic mass is 10.1. The zero-order valence-electron chi connectivity index (χ0n) is 12.0. The van der Waals surface area contributed by atoms with E-state index in [4.69, 9.17) is 0 Å². The van der Waals surface area contributed by atoms with Crippen molar-refractivity contribution in [1.29, 1.82) is 0 Å². The van der Waals surface area contributed by atoms with Crippen LogP contribution >= 0.6 is 0 Å². The summed E-state index contributed by atoms with van der Waals surface area (Å²) < 4.78 is 3.09. The molecule has 0 unspecified atom stereocenters. The van der Waals surface area contributed by atoms with Crippen molar-refractivity contribution >= 4 is 16.8 Å². The molecule has 0 fully saturated rings. The minimum Gasteiger partial charge on any atom is -0.295 e. The van der Waals surface area contributed by atoms with Crippen molar-refractivity contribution in [3.63, 3.8) is 0 Å². The molecule has 0 aliphatic carbocycles. The quantitative estimate of drug-likeness (QED) is 0.692. The zero-order chi connectivity index (χ0) is 15.0. The Balaban J connectivity index is 2.02. The molecule has 0 bridgehead atoms. The first-order valence-corrected chi connectivity index (χ1v) is 6.82. The van der Waals surface area contributed by atoms with Crippen molar-refractivity contribution in [2.24, 2.45) is 7.05 Å². The first-order chi connectivity index (χ1) is 10.1. The number of carbonyl (C=O) groups is 1. The van der Waals surface area contributed by atoms with Gasteiger partial charge in [0.1, 0.15) is 0 Å². The molecule has 21 heavy (non-hydrogen) atoms. The first-order valence-electron chi connectivity index (χ1n) is 6.82. The van der Waals surface area contributed by atoms with Crippen molar-refractivity contribution < 1.29 is 4.79 Å². The lowest BCUT2D eigenvalue weighted by molar-refractivity contribution is 0.0972. The second kappa shape index (κ2) is 5.05. The van der Waals surface area contributed by atoms with Crippen LogP contribution in [0.25, 0.3) is 11.0 Å². The molecule has 1 aromatic heterocycles. The van der Waals surface area contributed by atoms with E-state index in [1.165, 1.54) is 4.57 Å². The van der Waals surface area contributed by atoms with Crippen LogP contribution < -0.4 is 5.69 Å². The van der Waals surface area contributed by atoms with Gasteiger partial charge in [0.05, 0.1) is 17.6 Å². The Hall–Kier alpha value is -2.62. The number of aromatic nitrogens is 2. The third-order valence-electron chi connectivity index (χ3n) is 3.73. The Bertz CT molecular complexity index is 870. The summed E-state index contributed by atoms with van der Waals surface area (Å²) in [6.07, 6.45) is 0. The Morgan fingerprint density at radius 1 is 1.00 bits per heavy atom. The van der Waals surface area contributed by atoms with Gasteiger partial charge in [-0.3, -0.25) is 13.9 Å². The Morgan fingerprint density at radius 2 is 1.62 bits per heavy atom. The number of nitrogens with zero attached hydrogens (tertiary/aromatic N) is 2. The van der Waals surface area contributed by atoms with Crippen LogP contribution in [-0.4, -0.2) is 14.9 Å². The molecule has 3 rings (SSSR count). The molecule has 3 aromatic rings. The summed E-state index contributed by atoms with van der Waals surface area (Å²) in [6.45, 7) is 2.03. The van der Waals surface area contributed by atoms with Crippen molar-refractivity contribution in [3.05, 3.63) is 70.1 Å². The fourth-order valence-corrected chi connectivity index (χ4v) is 2.49. The molecular weight excluding hydrogens is 264 g/mol. The third-order valence-corrected chi connectivity index (χ3v) is 3.73. The molecule has 0 saturated carbocycles. The average Bonchev–Trinajstić information content (AvgIpc) is 2.73. The van der Waals surface area contributed by atoms with E-state index in [-0.39, 0.29) is 18.0 Å². The molecule has 0 spiro atoms. The van der Waals surface area contributed by atoms with Crippen LogP contribution in [0.1, 0.15) is 15.9 Å². The molecule has 0 N–H and O–H groups in total. The van der Waals surface area contributed by atoms with Gasteiger partial charge < -0.3 is 0 Å². The Kier molecular flexibility index (Phi) is 3.22. The summed E-state index contributed by atoms with van der Waals surface area (Å²) >= 11 is 0. The van der Waals surface area contributed by atoms with Gasteiger partial charge in [-0.2, -0.15) is 0 Å². The van der Waals surface area contributed by atoms with Crippen LogP contribution in [0.3, 0.4) is 0 Å². The van der Waals surface area contributed by atoms with Crippen LogP contribution in [0.5, 0.6) is 0 Å². The van der Waals surface area contributed by atoms with E-state index < -0.39 is 0 Å². The van der Waals surface area contributed by atoms with Crippen molar-refractivity contribution in [2.75, 3.05) is 0 Å². The van der Waals surface area contributed by atoms with E-state index in [0.717, 1.165) is 16.6 Å². The number of hydrogen-bond donors (Lipinski definition) is 0. The molecule has 1 heterocycles. The van der Waals surface area contributed by atoms with E-state index in [2.05, 4.69) is 0 Å². The molecular formula is C17H16N2O2. The largest absolute Gasteiger partial charge is 0.329 e. The van der Waals surface area contributed by atoms with Crippen molar-refractivity contribution in [1.82, 2.24) is 9.13 Å². The number of imidazole rings is 1. The van der Waals surface area contributed by atoms with Gasteiger partial charge >= 0.3 is 5.69 Å². The molecule has 0 aliphatic heterocycles. The number of aryl methyl sites for hydroxylation is 2. The zero-order valence-corrected chi connectivity index (χ0v) is 12.0. The lowest BCUT2D eigenvalue weighted by Gasteiger charge is -2.03. The van der Waals surface area contributed by atoms with E-state index in [0.29, 0.717) is 5.56 Å². The number of hydrogen-bond acceptors (Lipinski definition) is 2.